The van der Waals surface area contributed by atoms with Gasteiger partial charge in [0.25, 0.3) is 0 Å². The van der Waals surface area contributed by atoms with Gasteiger partial charge in [-0.1, -0.05) is 11.6 Å². The third-order valence-corrected chi connectivity index (χ3v) is 2.82. The number of aromatic nitrogens is 2. The summed E-state index contributed by atoms with van der Waals surface area (Å²) in [4.78, 5) is 19.4. The normalized spacial score (nSPS) is 10.1. The lowest BCUT2D eigenvalue weighted by Gasteiger charge is -1.94. The summed E-state index contributed by atoms with van der Waals surface area (Å²) >= 11 is 7.16. The van der Waals surface area contributed by atoms with Crippen molar-refractivity contribution in [1.82, 2.24) is 9.97 Å². The maximum atomic E-state index is 10.5. The smallest absolute Gasteiger partial charge is 0.170 e. The molecular formula is C9H5ClN2OS. The molecule has 2 aromatic rings. The third kappa shape index (κ3) is 1.81. The molecule has 0 saturated heterocycles. The molecule has 0 aliphatic heterocycles. The van der Waals surface area contributed by atoms with Crippen LogP contribution in [0.15, 0.2) is 24.4 Å². The van der Waals surface area contributed by atoms with E-state index in [0.29, 0.717) is 22.1 Å². The van der Waals surface area contributed by atoms with Crippen molar-refractivity contribution in [3.8, 4) is 10.7 Å². The van der Waals surface area contributed by atoms with Gasteiger partial charge in [0.15, 0.2) is 12.1 Å². The number of hydrogen-bond donors (Lipinski definition) is 0. The lowest BCUT2D eigenvalue weighted by atomic mass is 10.4. The number of thiophene rings is 1. The van der Waals surface area contributed by atoms with Crippen LogP contribution in [-0.2, 0) is 0 Å². The summed E-state index contributed by atoms with van der Waals surface area (Å²) in [5, 5.41) is 0. The van der Waals surface area contributed by atoms with E-state index in [4.69, 9.17) is 11.6 Å². The zero-order valence-corrected chi connectivity index (χ0v) is 8.55. The second-order valence-corrected chi connectivity index (χ2v) is 4.24. The highest BCUT2D eigenvalue weighted by Gasteiger charge is 2.04. The maximum absolute atomic E-state index is 10.5. The number of nitrogens with zero attached hydrogens (tertiary/aromatic N) is 2. The first-order valence-corrected chi connectivity index (χ1v) is 5.03. The predicted octanol–water partition coefficient (Wildman–Crippen LogP) is 2.67. The number of hydrogen-bond acceptors (Lipinski definition) is 4. The molecule has 0 spiro atoms. The second-order valence-electron chi connectivity index (χ2n) is 2.53. The molecule has 0 saturated carbocycles. The summed E-state index contributed by atoms with van der Waals surface area (Å²) in [7, 11) is 0. The van der Waals surface area contributed by atoms with E-state index >= 15 is 0 Å². The van der Waals surface area contributed by atoms with Gasteiger partial charge in [-0.15, -0.1) is 11.3 Å². The highest BCUT2D eigenvalue weighted by molar-refractivity contribution is 7.19. The zero-order valence-electron chi connectivity index (χ0n) is 6.98. The molecule has 0 amide bonds. The molecule has 0 aromatic carbocycles. The van der Waals surface area contributed by atoms with Crippen molar-refractivity contribution < 1.29 is 4.79 Å². The highest BCUT2D eigenvalue weighted by Crippen LogP contribution is 2.28. The van der Waals surface area contributed by atoms with Crippen LogP contribution in [0.3, 0.4) is 0 Å². The van der Waals surface area contributed by atoms with Gasteiger partial charge in [0.05, 0.1) is 9.21 Å². The van der Waals surface area contributed by atoms with Crippen molar-refractivity contribution in [2.75, 3.05) is 0 Å². The Bertz CT molecular complexity index is 469. The van der Waals surface area contributed by atoms with Crippen LogP contribution in [0.1, 0.15) is 10.5 Å². The molecule has 0 N–H and O–H groups in total. The Kier molecular flexibility index (Phi) is 2.56. The van der Waals surface area contributed by atoms with Crippen LogP contribution in [-0.4, -0.2) is 16.3 Å². The number of carbonyl (C=O) groups is 1. The van der Waals surface area contributed by atoms with Crippen molar-refractivity contribution in [3.05, 3.63) is 34.4 Å². The SMILES string of the molecule is O=Cc1ccnc(-c2ccc(Cl)s2)n1. The van der Waals surface area contributed by atoms with Crippen molar-refractivity contribution in [3.63, 3.8) is 0 Å². The molecule has 70 valence electrons. The Morgan fingerprint density at radius 3 is 2.86 bits per heavy atom. The standard InChI is InChI=1S/C9H5ClN2OS/c10-8-2-1-7(14-8)9-11-4-3-6(5-13)12-9/h1-5H. The van der Waals surface area contributed by atoms with Crippen molar-refractivity contribution in [1.29, 1.82) is 0 Å². The number of rotatable bonds is 2. The summed E-state index contributed by atoms with van der Waals surface area (Å²) in [5.41, 5.74) is 0.375. The fraction of sp³-hybridized carbons (Fsp3) is 0. The fourth-order valence-electron chi connectivity index (χ4n) is 0.991. The van der Waals surface area contributed by atoms with Gasteiger partial charge < -0.3 is 0 Å². The molecule has 5 heteroatoms. The molecule has 3 nitrogen and oxygen atoms in total. The first-order chi connectivity index (χ1) is 6.79. The Morgan fingerprint density at radius 1 is 1.36 bits per heavy atom. The summed E-state index contributed by atoms with van der Waals surface area (Å²) in [5.74, 6) is 0.534. The van der Waals surface area contributed by atoms with Crippen LogP contribution >= 0.6 is 22.9 Å². The number of carbonyl (C=O) groups excluding carboxylic acids is 1. The minimum Gasteiger partial charge on any atom is -0.296 e. The molecule has 2 aromatic heterocycles. The van der Waals surface area contributed by atoms with Gasteiger partial charge in [0.1, 0.15) is 5.69 Å². The molecule has 0 bridgehead atoms. The molecule has 14 heavy (non-hydrogen) atoms. The van der Waals surface area contributed by atoms with Crippen molar-refractivity contribution in [2.45, 2.75) is 0 Å². The average Bonchev–Trinajstić information content (AvgIpc) is 2.65. The lowest BCUT2D eigenvalue weighted by Crippen LogP contribution is -1.91. The molecule has 0 radical (unpaired) electrons. The minimum absolute atomic E-state index is 0.375. The molecule has 0 atom stereocenters. The third-order valence-electron chi connectivity index (χ3n) is 1.59. The summed E-state index contributed by atoms with van der Waals surface area (Å²) in [6.07, 6.45) is 2.25. The van der Waals surface area contributed by atoms with E-state index in [1.807, 2.05) is 6.07 Å². The van der Waals surface area contributed by atoms with Gasteiger partial charge >= 0.3 is 0 Å². The average molecular weight is 225 g/mol. The molecule has 0 aliphatic carbocycles. The quantitative estimate of drug-likeness (QED) is 0.737. The van der Waals surface area contributed by atoms with Crippen LogP contribution in [0.2, 0.25) is 4.34 Å². The van der Waals surface area contributed by atoms with E-state index in [1.54, 1.807) is 18.3 Å². The van der Waals surface area contributed by atoms with Gasteiger partial charge in [-0.05, 0) is 18.2 Å². The van der Waals surface area contributed by atoms with Crippen LogP contribution in [0, 0.1) is 0 Å². The fourth-order valence-corrected chi connectivity index (χ4v) is 1.98. The van der Waals surface area contributed by atoms with Crippen molar-refractivity contribution >= 4 is 29.2 Å². The molecule has 0 aliphatic rings. The van der Waals surface area contributed by atoms with Gasteiger partial charge in [0.2, 0.25) is 0 Å². The van der Waals surface area contributed by atoms with Gasteiger partial charge in [0, 0.05) is 6.20 Å². The van der Waals surface area contributed by atoms with E-state index in [2.05, 4.69) is 9.97 Å². The maximum Gasteiger partial charge on any atom is 0.170 e. The molecule has 2 heterocycles. The minimum atomic E-state index is 0.375. The van der Waals surface area contributed by atoms with Gasteiger partial charge in [-0.3, -0.25) is 4.79 Å². The first-order valence-electron chi connectivity index (χ1n) is 3.83. The highest BCUT2D eigenvalue weighted by atomic mass is 35.5. The Labute approximate surface area is 89.4 Å². The van der Waals surface area contributed by atoms with Crippen molar-refractivity contribution in [2.24, 2.45) is 0 Å². The number of halogens is 1. The predicted molar refractivity (Wildman–Crippen MR) is 55.7 cm³/mol. The summed E-state index contributed by atoms with van der Waals surface area (Å²) in [6.45, 7) is 0. The van der Waals surface area contributed by atoms with E-state index < -0.39 is 0 Å². The van der Waals surface area contributed by atoms with E-state index in [1.165, 1.54) is 11.3 Å². The van der Waals surface area contributed by atoms with Crippen LogP contribution in [0.25, 0.3) is 10.7 Å². The summed E-state index contributed by atoms with van der Waals surface area (Å²) < 4.78 is 0.681. The molecule has 0 unspecified atom stereocenters. The van der Waals surface area contributed by atoms with Gasteiger partial charge in [-0.25, -0.2) is 9.97 Å². The van der Waals surface area contributed by atoms with Gasteiger partial charge in [-0.2, -0.15) is 0 Å². The summed E-state index contributed by atoms with van der Waals surface area (Å²) in [6, 6.07) is 5.17. The van der Waals surface area contributed by atoms with E-state index in [0.717, 1.165) is 4.88 Å². The first kappa shape index (κ1) is 9.30. The second kappa shape index (κ2) is 3.86. The van der Waals surface area contributed by atoms with E-state index in [-0.39, 0.29) is 0 Å². The Hall–Kier alpha value is -1.26. The zero-order chi connectivity index (χ0) is 9.97. The topological polar surface area (TPSA) is 42.9 Å². The lowest BCUT2D eigenvalue weighted by molar-refractivity contribution is 0.111. The Morgan fingerprint density at radius 2 is 2.21 bits per heavy atom. The largest absolute Gasteiger partial charge is 0.296 e. The van der Waals surface area contributed by atoms with Crippen LogP contribution in [0.5, 0.6) is 0 Å². The monoisotopic (exact) mass is 224 g/mol. The van der Waals surface area contributed by atoms with Crippen LogP contribution in [0.4, 0.5) is 0 Å². The van der Waals surface area contributed by atoms with Crippen LogP contribution < -0.4 is 0 Å². The molecule has 0 fully saturated rings. The number of aldehydes is 1. The van der Waals surface area contributed by atoms with E-state index in [9.17, 15) is 4.79 Å². The Balaban J connectivity index is 2.46. The molecule has 2 rings (SSSR count). The molecular weight excluding hydrogens is 220 g/mol.